The monoisotopic (exact) mass is 565 g/mol. The summed E-state index contributed by atoms with van der Waals surface area (Å²) in [6, 6.07) is 19.6. The second-order valence-corrected chi connectivity index (χ2v) is 12.6. The number of aryl methyl sites for hydroxylation is 1. The van der Waals surface area contributed by atoms with Crippen LogP contribution in [0.4, 0.5) is 5.13 Å². The van der Waals surface area contributed by atoms with Crippen LogP contribution in [0.2, 0.25) is 0 Å². The number of hydrogen-bond acceptors (Lipinski definition) is 7. The van der Waals surface area contributed by atoms with E-state index in [0.29, 0.717) is 41.7 Å². The predicted molar refractivity (Wildman–Crippen MR) is 153 cm³/mol. The molecule has 1 unspecified atom stereocenters. The summed E-state index contributed by atoms with van der Waals surface area (Å²) in [6.45, 7) is 3.28. The average molecular weight is 566 g/mol. The Morgan fingerprint density at radius 3 is 2.51 bits per heavy atom. The number of thiazole rings is 1. The van der Waals surface area contributed by atoms with Gasteiger partial charge in [0.1, 0.15) is 11.3 Å². The summed E-state index contributed by atoms with van der Waals surface area (Å²) < 4.78 is 39.7. The molecule has 1 saturated heterocycles. The lowest BCUT2D eigenvalue weighted by Crippen LogP contribution is -2.34. The number of fused-ring (bicyclic) bond motifs is 1. The molecule has 8 nitrogen and oxygen atoms in total. The maximum absolute atomic E-state index is 13.9. The first-order valence-corrected chi connectivity index (χ1v) is 15.0. The minimum atomic E-state index is -3.72. The van der Waals surface area contributed by atoms with E-state index in [0.717, 1.165) is 28.7 Å². The molecule has 204 valence electrons. The molecule has 0 aliphatic carbocycles. The highest BCUT2D eigenvalue weighted by molar-refractivity contribution is 7.89. The lowest BCUT2D eigenvalue weighted by molar-refractivity contribution is 0.0978. The number of amides is 1. The van der Waals surface area contributed by atoms with Gasteiger partial charge in [-0.15, -0.1) is 0 Å². The van der Waals surface area contributed by atoms with Crippen LogP contribution in [-0.4, -0.2) is 57.0 Å². The fourth-order valence-electron chi connectivity index (χ4n) is 4.65. The Hall–Kier alpha value is -3.31. The highest BCUT2D eigenvalue weighted by Gasteiger charge is 2.27. The van der Waals surface area contributed by atoms with E-state index < -0.39 is 10.0 Å². The quantitative estimate of drug-likeness (QED) is 0.275. The van der Waals surface area contributed by atoms with E-state index in [-0.39, 0.29) is 16.9 Å². The zero-order valence-corrected chi connectivity index (χ0v) is 23.8. The molecule has 0 radical (unpaired) electrons. The Labute approximate surface area is 232 Å². The average Bonchev–Trinajstić information content (AvgIpc) is 3.63. The number of ether oxygens (including phenoxy) is 2. The maximum Gasteiger partial charge on any atom is 0.260 e. The summed E-state index contributed by atoms with van der Waals surface area (Å²) in [5, 5.41) is 0.541. The first kappa shape index (κ1) is 27.3. The molecule has 39 heavy (non-hydrogen) atoms. The molecule has 0 spiro atoms. The number of carbonyl (C=O) groups is 1. The van der Waals surface area contributed by atoms with Crippen LogP contribution in [0.3, 0.4) is 0 Å². The Morgan fingerprint density at radius 2 is 1.85 bits per heavy atom. The molecule has 0 N–H and O–H groups in total. The molecule has 1 amide bonds. The highest BCUT2D eigenvalue weighted by Crippen LogP contribution is 2.37. The first-order valence-electron chi connectivity index (χ1n) is 12.8. The van der Waals surface area contributed by atoms with Crippen molar-refractivity contribution in [3.05, 3.63) is 83.4 Å². The van der Waals surface area contributed by atoms with Gasteiger partial charge < -0.3 is 9.47 Å². The van der Waals surface area contributed by atoms with Crippen LogP contribution in [0.1, 0.15) is 34.3 Å². The molecule has 1 atom stereocenters. The molecule has 3 aromatic carbocycles. The molecule has 1 aromatic heterocycles. The molecular formula is C29H31N3O5S2. The van der Waals surface area contributed by atoms with E-state index in [9.17, 15) is 13.2 Å². The SMILES string of the molecule is COc1ccc(C)c2sc(N(Cc3ccccc3)C(=O)c3ccc(S(=O)(=O)N(C)CC4CCCO4)cc3)nc12. The van der Waals surface area contributed by atoms with Crippen molar-refractivity contribution in [2.45, 2.75) is 37.3 Å². The van der Waals surface area contributed by atoms with Gasteiger partial charge in [-0.2, -0.15) is 4.31 Å². The molecule has 0 saturated carbocycles. The first-order chi connectivity index (χ1) is 18.8. The minimum Gasteiger partial charge on any atom is -0.494 e. The van der Waals surface area contributed by atoms with Crippen molar-refractivity contribution < 1.29 is 22.7 Å². The summed E-state index contributed by atoms with van der Waals surface area (Å²) in [5.74, 6) is 0.373. The van der Waals surface area contributed by atoms with E-state index in [1.807, 2.05) is 49.4 Å². The van der Waals surface area contributed by atoms with Crippen LogP contribution in [-0.2, 0) is 21.3 Å². The standard InChI is InChI=1S/C29H31N3O5S2/c1-20-11-16-25(36-3)26-27(20)38-29(30-26)32(18-21-8-5-4-6-9-21)28(33)22-12-14-24(15-13-22)39(34,35)31(2)19-23-10-7-17-37-23/h4-6,8-9,11-16,23H,7,10,17-19H2,1-3H3. The van der Waals surface area contributed by atoms with Crippen LogP contribution < -0.4 is 9.64 Å². The molecule has 0 bridgehead atoms. The number of benzene rings is 3. The van der Waals surface area contributed by atoms with Gasteiger partial charge in [0.2, 0.25) is 10.0 Å². The number of methoxy groups -OCH3 is 1. The topological polar surface area (TPSA) is 89.0 Å². The number of likely N-dealkylation sites (N-methyl/N-ethyl adjacent to an activating group) is 1. The number of sulfonamides is 1. The number of nitrogens with zero attached hydrogens (tertiary/aromatic N) is 3. The van der Waals surface area contributed by atoms with Crippen molar-refractivity contribution in [1.82, 2.24) is 9.29 Å². The highest BCUT2D eigenvalue weighted by atomic mass is 32.2. The molecule has 1 fully saturated rings. The Bertz CT molecular complexity index is 1560. The molecule has 10 heteroatoms. The van der Waals surface area contributed by atoms with Gasteiger partial charge in [0.15, 0.2) is 5.13 Å². The number of carbonyl (C=O) groups excluding carboxylic acids is 1. The van der Waals surface area contributed by atoms with E-state index in [1.165, 1.54) is 27.8 Å². The molecule has 1 aliphatic rings. The molecule has 5 rings (SSSR count). The zero-order valence-electron chi connectivity index (χ0n) is 22.2. The van der Waals surface area contributed by atoms with E-state index >= 15 is 0 Å². The maximum atomic E-state index is 13.9. The summed E-state index contributed by atoms with van der Waals surface area (Å²) in [6.07, 6.45) is 1.70. The summed E-state index contributed by atoms with van der Waals surface area (Å²) in [5.41, 5.74) is 3.07. The third-order valence-electron chi connectivity index (χ3n) is 6.87. The molecule has 2 heterocycles. The van der Waals surface area contributed by atoms with Gasteiger partial charge in [0.05, 0.1) is 29.4 Å². The van der Waals surface area contributed by atoms with Gasteiger partial charge in [-0.1, -0.05) is 47.7 Å². The third kappa shape index (κ3) is 5.69. The normalized spacial score (nSPS) is 15.6. The number of rotatable bonds is 9. The number of hydrogen-bond donors (Lipinski definition) is 0. The van der Waals surface area contributed by atoms with E-state index in [1.54, 1.807) is 31.2 Å². The van der Waals surface area contributed by atoms with Crippen LogP contribution in [0.5, 0.6) is 5.75 Å². The summed E-state index contributed by atoms with van der Waals surface area (Å²) in [4.78, 5) is 20.4. The Balaban J connectivity index is 1.46. The van der Waals surface area contributed by atoms with Crippen LogP contribution >= 0.6 is 11.3 Å². The van der Waals surface area contributed by atoms with Gasteiger partial charge in [-0.3, -0.25) is 9.69 Å². The van der Waals surface area contributed by atoms with Gasteiger partial charge in [0.25, 0.3) is 5.91 Å². The lowest BCUT2D eigenvalue weighted by atomic mass is 10.1. The summed E-state index contributed by atoms with van der Waals surface area (Å²) in [7, 11) is -0.558. The lowest BCUT2D eigenvalue weighted by Gasteiger charge is -2.22. The van der Waals surface area contributed by atoms with Gasteiger partial charge in [-0.05, 0) is 61.2 Å². The molecule has 1 aliphatic heterocycles. The molecule has 4 aromatic rings. The van der Waals surface area contributed by atoms with Crippen LogP contribution in [0.25, 0.3) is 10.2 Å². The Kier molecular flexibility index (Phi) is 7.99. The molecular weight excluding hydrogens is 534 g/mol. The second-order valence-electron chi connectivity index (χ2n) is 9.58. The Morgan fingerprint density at radius 1 is 1.10 bits per heavy atom. The zero-order chi connectivity index (χ0) is 27.6. The fraction of sp³-hybridized carbons (Fsp3) is 0.310. The minimum absolute atomic E-state index is 0.0896. The van der Waals surface area contributed by atoms with E-state index in [4.69, 9.17) is 14.5 Å². The van der Waals surface area contributed by atoms with Crippen molar-refractivity contribution in [3.8, 4) is 5.75 Å². The van der Waals surface area contributed by atoms with Crippen molar-refractivity contribution in [1.29, 1.82) is 0 Å². The largest absolute Gasteiger partial charge is 0.494 e. The smallest absolute Gasteiger partial charge is 0.260 e. The van der Waals surface area contributed by atoms with Crippen molar-refractivity contribution >= 4 is 42.6 Å². The third-order valence-corrected chi connectivity index (χ3v) is 9.92. The van der Waals surface area contributed by atoms with Crippen LogP contribution in [0, 0.1) is 6.92 Å². The number of anilines is 1. The van der Waals surface area contributed by atoms with Crippen molar-refractivity contribution in [3.63, 3.8) is 0 Å². The second kappa shape index (κ2) is 11.4. The van der Waals surface area contributed by atoms with Gasteiger partial charge in [-0.25, -0.2) is 13.4 Å². The summed E-state index contributed by atoms with van der Waals surface area (Å²) >= 11 is 1.43. The van der Waals surface area contributed by atoms with Crippen molar-refractivity contribution in [2.24, 2.45) is 0 Å². The van der Waals surface area contributed by atoms with Crippen LogP contribution in [0.15, 0.2) is 71.6 Å². The van der Waals surface area contributed by atoms with Gasteiger partial charge >= 0.3 is 0 Å². The van der Waals surface area contributed by atoms with E-state index in [2.05, 4.69) is 0 Å². The fourth-order valence-corrected chi connectivity index (χ4v) is 6.90. The van der Waals surface area contributed by atoms with Crippen molar-refractivity contribution in [2.75, 3.05) is 32.2 Å². The predicted octanol–water partition coefficient (Wildman–Crippen LogP) is 5.26. The number of aromatic nitrogens is 1. The van der Waals surface area contributed by atoms with Gasteiger partial charge in [0, 0.05) is 25.8 Å².